The number of hydrogen-bond acceptors (Lipinski definition) is 6. The fourth-order valence-electron chi connectivity index (χ4n) is 3.51. The summed E-state index contributed by atoms with van der Waals surface area (Å²) in [5, 5.41) is 3.92. The molecule has 0 saturated heterocycles. The smallest absolute Gasteiger partial charge is 0.267 e. The van der Waals surface area contributed by atoms with Crippen molar-refractivity contribution in [3.05, 3.63) is 78.0 Å². The molecule has 164 valence electrons. The van der Waals surface area contributed by atoms with Crippen LogP contribution in [0.5, 0.6) is 17.4 Å². The lowest BCUT2D eigenvalue weighted by Crippen LogP contribution is -2.37. The number of nitrogens with two attached hydrogens (primary N) is 1. The van der Waals surface area contributed by atoms with Crippen LogP contribution in [0.4, 0.5) is 5.69 Å². The van der Waals surface area contributed by atoms with Crippen molar-refractivity contribution in [1.82, 2.24) is 4.98 Å². The molecule has 0 atom stereocenters. The van der Waals surface area contributed by atoms with E-state index in [-0.39, 0.29) is 18.3 Å². The van der Waals surface area contributed by atoms with E-state index in [1.807, 2.05) is 48.5 Å². The number of aryl methyl sites for hydroxylation is 1. The lowest BCUT2D eigenvalue weighted by Gasteiger charge is -2.29. The highest BCUT2D eigenvalue weighted by Gasteiger charge is 2.23. The Morgan fingerprint density at radius 1 is 1.12 bits per heavy atom. The van der Waals surface area contributed by atoms with Gasteiger partial charge in [-0.2, -0.15) is 0 Å². The first-order valence-corrected chi connectivity index (χ1v) is 10.3. The highest BCUT2D eigenvalue weighted by Crippen LogP contribution is 2.30. The molecule has 0 spiro atoms. The van der Waals surface area contributed by atoms with Crippen LogP contribution >= 0.6 is 0 Å². The van der Waals surface area contributed by atoms with Crippen LogP contribution in [0.15, 0.2) is 72.0 Å². The zero-order valence-corrected chi connectivity index (χ0v) is 17.7. The van der Waals surface area contributed by atoms with Crippen molar-refractivity contribution in [1.29, 1.82) is 0 Å². The van der Waals surface area contributed by atoms with Crippen LogP contribution in [-0.2, 0) is 16.1 Å². The maximum absolute atomic E-state index is 12.8. The van der Waals surface area contributed by atoms with Gasteiger partial charge >= 0.3 is 0 Å². The van der Waals surface area contributed by atoms with Crippen molar-refractivity contribution < 1.29 is 19.1 Å². The molecule has 2 N–H and O–H groups in total. The van der Waals surface area contributed by atoms with Gasteiger partial charge < -0.3 is 24.9 Å². The van der Waals surface area contributed by atoms with Gasteiger partial charge in [-0.25, -0.2) is 4.98 Å². The molecule has 1 aliphatic rings. The Morgan fingerprint density at radius 3 is 2.78 bits per heavy atom. The van der Waals surface area contributed by atoms with Gasteiger partial charge in [-0.3, -0.25) is 4.79 Å². The minimum Gasteiger partial charge on any atom is -0.497 e. The standard InChI is InChI=1S/C24H24N4O4/c1-30-19-11-12-21-17(15-19)7-6-14-28(21)22(29)16-31-27-23(25)20-10-5-13-26-24(20)32-18-8-3-2-4-9-18/h2-5,8-13,15H,6-7,14,16H2,1H3,(H2,25,27). The fraction of sp³-hybridized carbons (Fsp3) is 0.208. The molecule has 8 nitrogen and oxygen atoms in total. The van der Waals surface area contributed by atoms with Crippen LogP contribution in [0.2, 0.25) is 0 Å². The number of para-hydroxylation sites is 1. The number of rotatable bonds is 7. The number of benzene rings is 2. The summed E-state index contributed by atoms with van der Waals surface area (Å²) < 4.78 is 11.1. The number of carbonyl (C=O) groups is 1. The summed E-state index contributed by atoms with van der Waals surface area (Å²) in [6, 6.07) is 18.4. The normalized spacial score (nSPS) is 13.3. The van der Waals surface area contributed by atoms with Crippen molar-refractivity contribution in [3.63, 3.8) is 0 Å². The Bertz CT molecular complexity index is 1120. The molecule has 0 radical (unpaired) electrons. The van der Waals surface area contributed by atoms with Crippen LogP contribution in [0.3, 0.4) is 0 Å². The number of hydrogen-bond donors (Lipinski definition) is 1. The Morgan fingerprint density at radius 2 is 1.97 bits per heavy atom. The Kier molecular flexibility index (Phi) is 6.50. The number of aromatic nitrogens is 1. The van der Waals surface area contributed by atoms with Gasteiger partial charge in [0.1, 0.15) is 11.5 Å². The monoisotopic (exact) mass is 432 g/mol. The molecule has 2 heterocycles. The van der Waals surface area contributed by atoms with Gasteiger partial charge in [-0.05, 0) is 60.9 Å². The summed E-state index contributed by atoms with van der Waals surface area (Å²) in [5.41, 5.74) is 8.50. The molecule has 1 amide bonds. The lowest BCUT2D eigenvalue weighted by atomic mass is 10.0. The molecular weight excluding hydrogens is 408 g/mol. The zero-order valence-electron chi connectivity index (χ0n) is 17.7. The minimum absolute atomic E-state index is 0.0700. The minimum atomic E-state index is -0.235. The molecule has 2 aromatic carbocycles. The molecule has 3 aromatic rings. The molecule has 4 rings (SSSR count). The number of amidine groups is 1. The van der Waals surface area contributed by atoms with Crippen molar-refractivity contribution in [2.45, 2.75) is 12.8 Å². The summed E-state index contributed by atoms with van der Waals surface area (Å²) in [4.78, 5) is 24.0. The molecule has 0 bridgehead atoms. The predicted molar refractivity (Wildman–Crippen MR) is 121 cm³/mol. The Balaban J connectivity index is 1.42. The second kappa shape index (κ2) is 9.82. The van der Waals surface area contributed by atoms with E-state index in [1.165, 1.54) is 0 Å². The summed E-state index contributed by atoms with van der Waals surface area (Å²) in [6.07, 6.45) is 3.36. The maximum Gasteiger partial charge on any atom is 0.267 e. The molecular formula is C24H24N4O4. The molecule has 0 fully saturated rings. The van der Waals surface area contributed by atoms with Gasteiger partial charge in [0.2, 0.25) is 5.88 Å². The van der Waals surface area contributed by atoms with Gasteiger partial charge in [-0.1, -0.05) is 23.4 Å². The number of methoxy groups -OCH3 is 1. The first-order valence-electron chi connectivity index (χ1n) is 10.3. The summed E-state index contributed by atoms with van der Waals surface area (Å²) in [6.45, 7) is 0.389. The molecule has 8 heteroatoms. The van der Waals surface area contributed by atoms with E-state index < -0.39 is 0 Å². The van der Waals surface area contributed by atoms with Gasteiger partial charge in [0.15, 0.2) is 12.4 Å². The van der Waals surface area contributed by atoms with E-state index in [0.29, 0.717) is 23.7 Å². The third-order valence-electron chi connectivity index (χ3n) is 5.06. The van der Waals surface area contributed by atoms with Crippen LogP contribution < -0.4 is 20.1 Å². The largest absolute Gasteiger partial charge is 0.497 e. The molecule has 0 saturated carbocycles. The number of fused-ring (bicyclic) bond motifs is 1. The first-order chi connectivity index (χ1) is 15.7. The van der Waals surface area contributed by atoms with Crippen LogP contribution in [-0.4, -0.2) is 37.0 Å². The van der Waals surface area contributed by atoms with Crippen molar-refractivity contribution >= 4 is 17.4 Å². The fourth-order valence-corrected chi connectivity index (χ4v) is 3.51. The third-order valence-corrected chi connectivity index (χ3v) is 5.06. The number of amides is 1. The molecule has 32 heavy (non-hydrogen) atoms. The van der Waals surface area contributed by atoms with E-state index in [0.717, 1.165) is 29.8 Å². The van der Waals surface area contributed by atoms with Gasteiger partial charge in [0, 0.05) is 18.4 Å². The van der Waals surface area contributed by atoms with Gasteiger partial charge in [0.05, 0.1) is 12.7 Å². The third kappa shape index (κ3) is 4.80. The van der Waals surface area contributed by atoms with Gasteiger partial charge in [-0.15, -0.1) is 0 Å². The van der Waals surface area contributed by atoms with Crippen LogP contribution in [0, 0.1) is 0 Å². The average Bonchev–Trinajstić information content (AvgIpc) is 2.84. The number of oxime groups is 1. The van der Waals surface area contributed by atoms with Gasteiger partial charge in [0.25, 0.3) is 5.91 Å². The summed E-state index contributed by atoms with van der Waals surface area (Å²) in [7, 11) is 1.63. The molecule has 0 unspecified atom stereocenters. The Labute approximate surface area is 186 Å². The maximum atomic E-state index is 12.8. The second-order valence-corrected chi connectivity index (χ2v) is 7.16. The SMILES string of the molecule is COc1ccc2c(c1)CCCN2C(=O)CO/N=C(/N)c1cccnc1Oc1ccccc1. The molecule has 1 aliphatic heterocycles. The second-order valence-electron chi connectivity index (χ2n) is 7.16. The predicted octanol–water partition coefficient (Wildman–Crippen LogP) is 3.50. The van der Waals surface area contributed by atoms with Crippen LogP contribution in [0.25, 0.3) is 0 Å². The van der Waals surface area contributed by atoms with E-state index in [9.17, 15) is 4.79 Å². The number of pyridine rings is 1. The number of carbonyl (C=O) groups excluding carboxylic acids is 1. The summed E-state index contributed by atoms with van der Waals surface area (Å²) >= 11 is 0. The quantitative estimate of drug-likeness (QED) is 0.349. The lowest BCUT2D eigenvalue weighted by molar-refractivity contribution is -0.123. The van der Waals surface area contributed by atoms with E-state index in [2.05, 4.69) is 10.1 Å². The molecule has 1 aromatic heterocycles. The Hall–Kier alpha value is -4.07. The van der Waals surface area contributed by atoms with Crippen molar-refractivity contribution in [3.8, 4) is 17.4 Å². The number of ether oxygens (including phenoxy) is 2. The molecule has 0 aliphatic carbocycles. The highest BCUT2D eigenvalue weighted by molar-refractivity contribution is 5.99. The topological polar surface area (TPSA) is 99.3 Å². The number of anilines is 1. The van der Waals surface area contributed by atoms with E-state index in [1.54, 1.807) is 30.3 Å². The average molecular weight is 432 g/mol. The van der Waals surface area contributed by atoms with E-state index in [4.69, 9.17) is 20.0 Å². The highest BCUT2D eigenvalue weighted by atomic mass is 16.6. The van der Waals surface area contributed by atoms with E-state index >= 15 is 0 Å². The summed E-state index contributed by atoms with van der Waals surface area (Å²) in [5.74, 6) is 1.57. The first kappa shape index (κ1) is 21.2. The van der Waals surface area contributed by atoms with Crippen molar-refractivity contribution in [2.24, 2.45) is 10.9 Å². The van der Waals surface area contributed by atoms with Crippen molar-refractivity contribution in [2.75, 3.05) is 25.2 Å². The zero-order chi connectivity index (χ0) is 22.3. The van der Waals surface area contributed by atoms with Crippen LogP contribution in [0.1, 0.15) is 17.5 Å². The number of nitrogens with zero attached hydrogens (tertiary/aromatic N) is 3.